The van der Waals surface area contributed by atoms with Crippen LogP contribution in [0.15, 0.2) is 24.3 Å². The van der Waals surface area contributed by atoms with Crippen LogP contribution in [0.1, 0.15) is 51.5 Å². The van der Waals surface area contributed by atoms with Gasteiger partial charge in [0.15, 0.2) is 0 Å². The van der Waals surface area contributed by atoms with Crippen molar-refractivity contribution in [3.63, 3.8) is 0 Å². The molecule has 2 heterocycles. The van der Waals surface area contributed by atoms with Crippen LogP contribution in [0.4, 0.5) is 9.18 Å². The molecule has 0 aliphatic carbocycles. The number of hydrogen-bond donors (Lipinski definition) is 1. The number of amides is 4. The van der Waals surface area contributed by atoms with E-state index in [1.807, 2.05) is 11.2 Å². The summed E-state index contributed by atoms with van der Waals surface area (Å²) in [6.07, 6.45) is 6.23. The average molecular weight is 522 g/mol. The summed E-state index contributed by atoms with van der Waals surface area (Å²) < 4.78 is 13.3. The van der Waals surface area contributed by atoms with Crippen molar-refractivity contribution in [2.75, 3.05) is 38.7 Å². The Hall–Kier alpha value is -2.33. The van der Waals surface area contributed by atoms with Gasteiger partial charge < -0.3 is 15.1 Å². The number of carbonyl (C=O) groups is 3. The highest BCUT2D eigenvalue weighted by atomic mass is 32.2. The summed E-state index contributed by atoms with van der Waals surface area (Å²) in [5.74, 6) is 0.657. The van der Waals surface area contributed by atoms with Gasteiger partial charge in [0.2, 0.25) is 11.8 Å². The number of rotatable bonds is 11. The van der Waals surface area contributed by atoms with Crippen molar-refractivity contribution in [1.82, 2.24) is 25.1 Å². The molecule has 3 atom stereocenters. The van der Waals surface area contributed by atoms with Crippen LogP contribution < -0.4 is 5.32 Å². The maximum Gasteiger partial charge on any atom is 0.334 e. The van der Waals surface area contributed by atoms with Crippen LogP contribution in [-0.4, -0.2) is 88.6 Å². The molecule has 3 rings (SSSR count). The van der Waals surface area contributed by atoms with Crippen molar-refractivity contribution < 1.29 is 18.8 Å². The molecule has 0 aromatic heterocycles. The summed E-state index contributed by atoms with van der Waals surface area (Å²) in [5, 5.41) is 6.12. The SMILES string of the molecule is CCCCC(CC)CN1C[C@H]2N(C(=O)CN(C)N2C(=O)NCc2ccc(F)cc2)[C@@H](CCSC)C1=O. The maximum absolute atomic E-state index is 13.6. The number of likely N-dealkylation sites (N-methyl/N-ethyl adjacent to an activating group) is 1. The molecule has 1 aromatic carbocycles. The van der Waals surface area contributed by atoms with E-state index in [0.29, 0.717) is 18.9 Å². The van der Waals surface area contributed by atoms with Gasteiger partial charge in [-0.3, -0.25) is 9.59 Å². The van der Waals surface area contributed by atoms with Crippen molar-refractivity contribution in [3.8, 4) is 0 Å². The summed E-state index contributed by atoms with van der Waals surface area (Å²) in [4.78, 5) is 43.7. The second-order valence-corrected chi connectivity index (χ2v) is 10.7. The van der Waals surface area contributed by atoms with Crippen molar-refractivity contribution in [3.05, 3.63) is 35.6 Å². The zero-order valence-electron chi connectivity index (χ0n) is 21.9. The molecule has 0 radical (unpaired) electrons. The fourth-order valence-corrected chi connectivity index (χ4v) is 5.52. The van der Waals surface area contributed by atoms with Gasteiger partial charge in [0.1, 0.15) is 18.0 Å². The number of unbranched alkanes of at least 4 members (excludes halogenated alkanes) is 1. The first-order valence-corrected chi connectivity index (χ1v) is 14.3. The smallest absolute Gasteiger partial charge is 0.334 e. The highest BCUT2D eigenvalue weighted by Crippen LogP contribution is 2.29. The minimum absolute atomic E-state index is 0.0141. The Balaban J connectivity index is 1.83. The highest BCUT2D eigenvalue weighted by Gasteiger charge is 2.50. The fourth-order valence-electron chi connectivity index (χ4n) is 5.07. The van der Waals surface area contributed by atoms with Gasteiger partial charge in [0.05, 0.1) is 13.1 Å². The standard InChI is InChI=1S/C26H40FN5O3S/c1-5-7-8-19(6-2)16-30-17-23-31(22(25(30)34)13-14-36-4)24(33)18-29(3)32(23)26(35)28-15-20-9-11-21(27)12-10-20/h9-12,19,22-23H,5-8,13-18H2,1-4H3,(H,28,35)/t19?,22-,23-/m0/s1. The van der Waals surface area contributed by atoms with Crippen LogP contribution in [-0.2, 0) is 16.1 Å². The number of carbonyl (C=O) groups excluding carboxylic acids is 3. The minimum Gasteiger partial charge on any atom is -0.337 e. The predicted octanol–water partition coefficient (Wildman–Crippen LogP) is 3.53. The average Bonchev–Trinajstić information content (AvgIpc) is 2.86. The van der Waals surface area contributed by atoms with E-state index in [1.54, 1.807) is 45.9 Å². The summed E-state index contributed by atoms with van der Waals surface area (Å²) >= 11 is 1.64. The van der Waals surface area contributed by atoms with E-state index in [1.165, 1.54) is 12.1 Å². The Kier molecular flexibility index (Phi) is 10.4. The lowest BCUT2D eigenvalue weighted by molar-refractivity contribution is -0.187. The maximum atomic E-state index is 13.6. The largest absolute Gasteiger partial charge is 0.337 e. The molecule has 36 heavy (non-hydrogen) atoms. The lowest BCUT2D eigenvalue weighted by atomic mass is 9.96. The first-order valence-electron chi connectivity index (χ1n) is 12.9. The third kappa shape index (κ3) is 6.70. The van der Waals surface area contributed by atoms with Gasteiger partial charge in [-0.05, 0) is 48.5 Å². The van der Waals surface area contributed by atoms with Gasteiger partial charge in [0.25, 0.3) is 0 Å². The third-order valence-corrected chi connectivity index (χ3v) is 7.77. The molecule has 2 fully saturated rings. The molecule has 0 bridgehead atoms. The lowest BCUT2D eigenvalue weighted by Crippen LogP contribution is -2.76. The van der Waals surface area contributed by atoms with Gasteiger partial charge >= 0.3 is 6.03 Å². The third-order valence-electron chi connectivity index (χ3n) is 7.12. The Labute approximate surface area is 218 Å². The fraction of sp³-hybridized carbons (Fsp3) is 0.654. The molecule has 2 aliphatic heterocycles. The number of benzene rings is 1. The van der Waals surface area contributed by atoms with Crippen LogP contribution in [0.25, 0.3) is 0 Å². The molecule has 200 valence electrons. The Morgan fingerprint density at radius 3 is 2.58 bits per heavy atom. The molecule has 0 saturated carbocycles. The van der Waals surface area contributed by atoms with E-state index >= 15 is 0 Å². The van der Waals surface area contributed by atoms with Crippen LogP contribution >= 0.6 is 11.8 Å². The van der Waals surface area contributed by atoms with Gasteiger partial charge in [-0.1, -0.05) is 45.2 Å². The predicted molar refractivity (Wildman–Crippen MR) is 140 cm³/mol. The van der Waals surface area contributed by atoms with E-state index in [9.17, 15) is 18.8 Å². The molecule has 4 amide bonds. The second kappa shape index (κ2) is 13.3. The summed E-state index contributed by atoms with van der Waals surface area (Å²) in [6.45, 7) is 5.51. The molecule has 1 unspecified atom stereocenters. The number of fused-ring (bicyclic) bond motifs is 1. The number of thioether (sulfide) groups is 1. The molecule has 1 aromatic rings. The van der Waals surface area contributed by atoms with Crippen molar-refractivity contribution in [2.24, 2.45) is 5.92 Å². The van der Waals surface area contributed by atoms with Gasteiger partial charge in [0, 0.05) is 20.1 Å². The van der Waals surface area contributed by atoms with Crippen LogP contribution in [0.2, 0.25) is 0 Å². The van der Waals surface area contributed by atoms with E-state index in [-0.39, 0.29) is 43.3 Å². The number of hydrazine groups is 1. The van der Waals surface area contributed by atoms with E-state index in [0.717, 1.165) is 37.0 Å². The first kappa shape index (κ1) is 28.2. The number of halogens is 1. The quantitative estimate of drug-likeness (QED) is 0.482. The molecular formula is C26H40FN5O3S. The Morgan fingerprint density at radius 2 is 1.94 bits per heavy atom. The first-order chi connectivity index (χ1) is 17.3. The van der Waals surface area contributed by atoms with E-state index < -0.39 is 12.2 Å². The molecular weight excluding hydrogens is 481 g/mol. The molecule has 0 spiro atoms. The monoisotopic (exact) mass is 521 g/mol. The number of nitrogens with one attached hydrogen (secondary N) is 1. The molecule has 2 aliphatic rings. The van der Waals surface area contributed by atoms with Crippen LogP contribution in [0.5, 0.6) is 0 Å². The summed E-state index contributed by atoms with van der Waals surface area (Å²) in [6, 6.07) is 5.06. The van der Waals surface area contributed by atoms with Crippen molar-refractivity contribution >= 4 is 29.6 Å². The molecule has 10 heteroatoms. The minimum atomic E-state index is -0.575. The van der Waals surface area contributed by atoms with Gasteiger partial charge in [-0.15, -0.1) is 0 Å². The van der Waals surface area contributed by atoms with E-state index in [2.05, 4.69) is 19.2 Å². The molecule has 1 N–H and O–H groups in total. The normalized spacial score (nSPS) is 21.5. The summed E-state index contributed by atoms with van der Waals surface area (Å²) in [5.41, 5.74) is 0.775. The van der Waals surface area contributed by atoms with Crippen LogP contribution in [0, 0.1) is 11.7 Å². The summed E-state index contributed by atoms with van der Waals surface area (Å²) in [7, 11) is 1.72. The number of hydrogen-bond acceptors (Lipinski definition) is 5. The van der Waals surface area contributed by atoms with Crippen molar-refractivity contribution in [1.29, 1.82) is 0 Å². The lowest BCUT2D eigenvalue weighted by Gasteiger charge is -2.54. The van der Waals surface area contributed by atoms with Crippen LogP contribution in [0.3, 0.4) is 0 Å². The topological polar surface area (TPSA) is 76.2 Å². The Bertz CT molecular complexity index is 902. The van der Waals surface area contributed by atoms with Gasteiger partial charge in [-0.25, -0.2) is 19.2 Å². The second-order valence-electron chi connectivity index (χ2n) is 9.68. The number of nitrogens with zero attached hydrogens (tertiary/aromatic N) is 4. The van der Waals surface area contributed by atoms with Crippen molar-refractivity contribution in [2.45, 2.75) is 64.7 Å². The Morgan fingerprint density at radius 1 is 1.22 bits per heavy atom. The van der Waals surface area contributed by atoms with Gasteiger partial charge in [-0.2, -0.15) is 11.8 Å². The number of urea groups is 1. The zero-order valence-corrected chi connectivity index (χ0v) is 22.7. The number of piperazine rings is 1. The van der Waals surface area contributed by atoms with E-state index in [4.69, 9.17) is 0 Å². The zero-order chi connectivity index (χ0) is 26.2. The molecule has 8 nitrogen and oxygen atoms in total. The highest BCUT2D eigenvalue weighted by molar-refractivity contribution is 7.98. The molecule has 2 saturated heterocycles.